The van der Waals surface area contributed by atoms with E-state index in [-0.39, 0.29) is 16.8 Å². The summed E-state index contributed by atoms with van der Waals surface area (Å²) in [6, 6.07) is 6.47. The largest absolute Gasteiger partial charge is 0.326 e. The molecular weight excluding hydrogens is 264 g/mol. The average Bonchev–Trinajstić information content (AvgIpc) is 2.81. The third-order valence-corrected chi connectivity index (χ3v) is 4.29. The number of carbonyl (C=O) groups is 1. The number of nitrogens with one attached hydrogen (secondary N) is 2. The zero-order valence-corrected chi connectivity index (χ0v) is 11.7. The van der Waals surface area contributed by atoms with Gasteiger partial charge in [0.2, 0.25) is 5.91 Å². The average molecular weight is 282 g/mol. The lowest BCUT2D eigenvalue weighted by Crippen LogP contribution is -2.27. The molecule has 1 saturated heterocycles. The number of sulfone groups is 1. The van der Waals surface area contributed by atoms with Crippen LogP contribution in [0.1, 0.15) is 19.3 Å². The van der Waals surface area contributed by atoms with Gasteiger partial charge in [-0.3, -0.25) is 4.79 Å². The number of amides is 1. The fourth-order valence-electron chi connectivity index (χ4n) is 2.15. The van der Waals surface area contributed by atoms with E-state index in [4.69, 9.17) is 0 Å². The third-order valence-electron chi connectivity index (χ3n) is 3.16. The Hall–Kier alpha value is -1.40. The van der Waals surface area contributed by atoms with Crippen LogP contribution in [-0.2, 0) is 14.6 Å². The van der Waals surface area contributed by atoms with Gasteiger partial charge in [0.25, 0.3) is 0 Å². The maximum absolute atomic E-state index is 11.8. The fraction of sp³-hybridized carbons (Fsp3) is 0.462. The summed E-state index contributed by atoms with van der Waals surface area (Å²) < 4.78 is 22.6. The van der Waals surface area contributed by atoms with Crippen LogP contribution in [0.25, 0.3) is 0 Å². The molecule has 0 aromatic heterocycles. The van der Waals surface area contributed by atoms with Gasteiger partial charge in [0.15, 0.2) is 9.84 Å². The lowest BCUT2D eigenvalue weighted by Gasteiger charge is -2.10. The minimum Gasteiger partial charge on any atom is -0.326 e. The predicted octanol–water partition coefficient (Wildman–Crippen LogP) is 1.17. The Balaban J connectivity index is 1.93. The van der Waals surface area contributed by atoms with Gasteiger partial charge in [-0.1, -0.05) is 0 Å². The molecule has 5 nitrogen and oxygen atoms in total. The molecule has 1 fully saturated rings. The number of anilines is 1. The Labute approximate surface area is 113 Å². The summed E-state index contributed by atoms with van der Waals surface area (Å²) in [5.74, 6) is -0.0495. The monoisotopic (exact) mass is 282 g/mol. The molecular formula is C13H18N2O3S. The normalized spacial score (nSPS) is 19.3. The summed E-state index contributed by atoms with van der Waals surface area (Å²) in [7, 11) is -3.19. The van der Waals surface area contributed by atoms with Gasteiger partial charge in [-0.25, -0.2) is 8.42 Å². The van der Waals surface area contributed by atoms with Crippen molar-refractivity contribution < 1.29 is 13.2 Å². The molecule has 2 N–H and O–H groups in total. The number of carbonyl (C=O) groups excluding carboxylic acids is 1. The van der Waals surface area contributed by atoms with Gasteiger partial charge < -0.3 is 10.6 Å². The molecule has 1 heterocycles. The number of rotatable bonds is 4. The minimum absolute atomic E-state index is 0.0495. The maximum atomic E-state index is 11.8. The maximum Gasteiger partial charge on any atom is 0.225 e. The van der Waals surface area contributed by atoms with E-state index < -0.39 is 9.84 Å². The molecule has 1 aromatic rings. The number of hydrogen-bond donors (Lipinski definition) is 2. The van der Waals surface area contributed by atoms with Crippen LogP contribution in [0.2, 0.25) is 0 Å². The first-order chi connectivity index (χ1) is 8.95. The molecule has 0 radical (unpaired) electrons. The van der Waals surface area contributed by atoms with Gasteiger partial charge in [0, 0.05) is 24.4 Å². The first-order valence-electron chi connectivity index (χ1n) is 6.28. The smallest absolute Gasteiger partial charge is 0.225 e. The summed E-state index contributed by atoms with van der Waals surface area (Å²) in [5, 5.41) is 6.04. The molecule has 104 valence electrons. The number of benzene rings is 1. The summed E-state index contributed by atoms with van der Waals surface area (Å²) in [4.78, 5) is 12.0. The summed E-state index contributed by atoms with van der Waals surface area (Å²) in [6.45, 7) is 0.973. The van der Waals surface area contributed by atoms with Gasteiger partial charge >= 0.3 is 0 Å². The minimum atomic E-state index is -3.19. The Morgan fingerprint density at radius 1 is 1.37 bits per heavy atom. The topological polar surface area (TPSA) is 75.3 Å². The standard InChI is InChI=1S/C13H18N2O3S/c1-19(17,18)12-6-4-10(5-7-12)15-13(16)9-11-3-2-8-14-11/h4-7,11,14H,2-3,8-9H2,1H3,(H,15,16). The molecule has 19 heavy (non-hydrogen) atoms. The zero-order chi connectivity index (χ0) is 13.9. The molecule has 0 saturated carbocycles. The first kappa shape index (κ1) is 14.0. The molecule has 1 unspecified atom stereocenters. The highest BCUT2D eigenvalue weighted by atomic mass is 32.2. The van der Waals surface area contributed by atoms with Crippen LogP contribution >= 0.6 is 0 Å². The third kappa shape index (κ3) is 4.04. The molecule has 2 rings (SSSR count). The van der Waals surface area contributed by atoms with Gasteiger partial charge in [-0.05, 0) is 43.7 Å². The molecule has 1 aromatic carbocycles. The van der Waals surface area contributed by atoms with Crippen molar-refractivity contribution >= 4 is 21.4 Å². The van der Waals surface area contributed by atoms with Crippen molar-refractivity contribution in [2.75, 3.05) is 18.1 Å². The van der Waals surface area contributed by atoms with E-state index >= 15 is 0 Å². The van der Waals surface area contributed by atoms with E-state index in [9.17, 15) is 13.2 Å². The molecule has 1 aliphatic heterocycles. The Kier molecular flexibility index (Phi) is 4.21. The molecule has 1 aliphatic rings. The van der Waals surface area contributed by atoms with Gasteiger partial charge in [0.05, 0.1) is 4.90 Å². The van der Waals surface area contributed by atoms with Crippen LogP contribution in [0.3, 0.4) is 0 Å². The second kappa shape index (κ2) is 5.71. The van der Waals surface area contributed by atoms with Crippen LogP contribution in [0.4, 0.5) is 5.69 Å². The summed E-state index contributed by atoms with van der Waals surface area (Å²) >= 11 is 0. The highest BCUT2D eigenvalue weighted by Crippen LogP contribution is 2.15. The van der Waals surface area contributed by atoms with E-state index in [1.54, 1.807) is 12.1 Å². The second-order valence-electron chi connectivity index (χ2n) is 4.84. The van der Waals surface area contributed by atoms with Crippen molar-refractivity contribution in [3.63, 3.8) is 0 Å². The predicted molar refractivity (Wildman–Crippen MR) is 73.8 cm³/mol. The molecule has 1 atom stereocenters. The van der Waals surface area contributed by atoms with E-state index in [0.717, 1.165) is 25.6 Å². The Bertz CT molecular complexity index is 546. The van der Waals surface area contributed by atoms with Gasteiger partial charge in [-0.2, -0.15) is 0 Å². The first-order valence-corrected chi connectivity index (χ1v) is 8.17. The van der Waals surface area contributed by atoms with Crippen LogP contribution in [-0.4, -0.2) is 33.2 Å². The Morgan fingerprint density at radius 3 is 2.58 bits per heavy atom. The SMILES string of the molecule is CS(=O)(=O)c1ccc(NC(=O)CC2CCCN2)cc1. The summed E-state index contributed by atoms with van der Waals surface area (Å²) in [5.41, 5.74) is 0.621. The molecule has 0 spiro atoms. The van der Waals surface area contributed by atoms with Crippen molar-refractivity contribution in [1.29, 1.82) is 0 Å². The molecule has 0 aliphatic carbocycles. The number of hydrogen-bond acceptors (Lipinski definition) is 4. The van der Waals surface area contributed by atoms with E-state index in [0.29, 0.717) is 12.1 Å². The van der Waals surface area contributed by atoms with E-state index in [1.165, 1.54) is 12.1 Å². The quantitative estimate of drug-likeness (QED) is 0.869. The van der Waals surface area contributed by atoms with Gasteiger partial charge in [0.1, 0.15) is 0 Å². The molecule has 1 amide bonds. The van der Waals surface area contributed by atoms with Crippen molar-refractivity contribution in [2.24, 2.45) is 0 Å². The second-order valence-corrected chi connectivity index (χ2v) is 6.86. The summed E-state index contributed by atoms with van der Waals surface area (Å²) in [6.07, 6.45) is 3.75. The zero-order valence-electron chi connectivity index (χ0n) is 10.8. The Morgan fingerprint density at radius 2 is 2.05 bits per heavy atom. The van der Waals surface area contributed by atoms with Crippen molar-refractivity contribution in [1.82, 2.24) is 5.32 Å². The van der Waals surface area contributed by atoms with Crippen molar-refractivity contribution in [3.05, 3.63) is 24.3 Å². The van der Waals surface area contributed by atoms with E-state index in [1.807, 2.05) is 0 Å². The van der Waals surface area contributed by atoms with Crippen LogP contribution < -0.4 is 10.6 Å². The molecule has 0 bridgehead atoms. The van der Waals surface area contributed by atoms with Crippen LogP contribution in [0, 0.1) is 0 Å². The fourth-order valence-corrected chi connectivity index (χ4v) is 2.78. The highest BCUT2D eigenvalue weighted by Gasteiger charge is 2.17. The molecule has 6 heteroatoms. The van der Waals surface area contributed by atoms with Crippen LogP contribution in [0.15, 0.2) is 29.2 Å². The lowest BCUT2D eigenvalue weighted by molar-refractivity contribution is -0.116. The lowest BCUT2D eigenvalue weighted by atomic mass is 10.1. The van der Waals surface area contributed by atoms with Crippen molar-refractivity contribution in [2.45, 2.75) is 30.2 Å². The van der Waals surface area contributed by atoms with E-state index in [2.05, 4.69) is 10.6 Å². The van der Waals surface area contributed by atoms with Crippen molar-refractivity contribution in [3.8, 4) is 0 Å². The van der Waals surface area contributed by atoms with Gasteiger partial charge in [-0.15, -0.1) is 0 Å². The highest BCUT2D eigenvalue weighted by molar-refractivity contribution is 7.90. The van der Waals surface area contributed by atoms with Crippen LogP contribution in [0.5, 0.6) is 0 Å².